The first-order valence-corrected chi connectivity index (χ1v) is 9.98. The van der Waals surface area contributed by atoms with Crippen molar-refractivity contribution < 1.29 is 4.74 Å². The molecule has 2 aliphatic rings. The Balaban J connectivity index is 1.68. The Labute approximate surface area is 165 Å². The molecular formula is C20H26ClN5O. The van der Waals surface area contributed by atoms with Crippen LogP contribution in [0.1, 0.15) is 48.2 Å². The van der Waals surface area contributed by atoms with E-state index >= 15 is 0 Å². The number of rotatable bonds is 3. The van der Waals surface area contributed by atoms with Crippen LogP contribution in [0.3, 0.4) is 0 Å². The average molecular weight is 388 g/mol. The summed E-state index contributed by atoms with van der Waals surface area (Å²) < 4.78 is 5.87. The zero-order valence-electron chi connectivity index (χ0n) is 15.6. The van der Waals surface area contributed by atoms with Crippen LogP contribution >= 0.6 is 11.6 Å². The number of aromatic nitrogens is 2. The van der Waals surface area contributed by atoms with Gasteiger partial charge in [0.15, 0.2) is 0 Å². The third-order valence-corrected chi connectivity index (χ3v) is 5.67. The Hall–Kier alpha value is -1.89. The average Bonchev–Trinajstić information content (AvgIpc) is 3.06. The number of nitrogens with zero attached hydrogens (tertiary/aromatic N) is 3. The fourth-order valence-corrected chi connectivity index (χ4v) is 4.35. The van der Waals surface area contributed by atoms with Crippen molar-refractivity contribution in [2.75, 3.05) is 36.9 Å². The number of ether oxygens (including phenoxy) is 1. The van der Waals surface area contributed by atoms with E-state index in [4.69, 9.17) is 22.1 Å². The summed E-state index contributed by atoms with van der Waals surface area (Å²) >= 11 is 6.74. The summed E-state index contributed by atoms with van der Waals surface area (Å²) in [6.07, 6.45) is 3.30. The quantitative estimate of drug-likeness (QED) is 0.840. The van der Waals surface area contributed by atoms with Crippen LogP contribution in [0.25, 0.3) is 0 Å². The zero-order chi connectivity index (χ0) is 18.8. The number of halogens is 1. The second kappa shape index (κ2) is 8.00. The number of nitrogens with two attached hydrogens (primary N) is 1. The minimum atomic E-state index is -0.000660. The standard InChI is InChI=1S/C20H26ClN5O/c1-13-10-19(25-20(22)24-13)26-8-3-9-27-12-18(26)15-6-5-14(11-16(15)21)17-4-2-7-23-17/h5-6,10-11,17-18,23H,2-4,7-9,12H2,1H3,(H2,22,24,25)/t17-,18-/m1/s1. The second-order valence-corrected chi connectivity index (χ2v) is 7.70. The maximum atomic E-state index is 6.74. The fraction of sp³-hybridized carbons (Fsp3) is 0.500. The smallest absolute Gasteiger partial charge is 0.222 e. The molecule has 27 heavy (non-hydrogen) atoms. The van der Waals surface area contributed by atoms with E-state index in [9.17, 15) is 0 Å². The number of nitrogen functional groups attached to an aromatic ring is 1. The Kier molecular flexibility index (Phi) is 5.48. The molecule has 0 amide bonds. The van der Waals surface area contributed by atoms with Crippen LogP contribution in [0.5, 0.6) is 0 Å². The monoisotopic (exact) mass is 387 g/mol. The molecule has 0 radical (unpaired) electrons. The Bertz CT molecular complexity index is 789. The summed E-state index contributed by atoms with van der Waals surface area (Å²) in [6, 6.07) is 8.80. The summed E-state index contributed by atoms with van der Waals surface area (Å²) in [6.45, 7) is 5.14. The normalized spacial score (nSPS) is 23.4. The summed E-state index contributed by atoms with van der Waals surface area (Å²) in [5.74, 6) is 1.12. The first kappa shape index (κ1) is 18.5. The van der Waals surface area contributed by atoms with Gasteiger partial charge in [-0.05, 0) is 49.9 Å². The van der Waals surface area contributed by atoms with E-state index in [1.165, 1.54) is 12.0 Å². The van der Waals surface area contributed by atoms with Crippen LogP contribution in [0, 0.1) is 6.92 Å². The molecule has 6 nitrogen and oxygen atoms in total. The Morgan fingerprint density at radius 1 is 1.26 bits per heavy atom. The van der Waals surface area contributed by atoms with Crippen LogP contribution in [-0.2, 0) is 4.74 Å². The molecule has 0 spiro atoms. The van der Waals surface area contributed by atoms with Crippen molar-refractivity contribution in [2.45, 2.75) is 38.3 Å². The SMILES string of the molecule is Cc1cc(N2CCCOC[C@@H]2c2ccc([C@H]3CCCN3)cc2Cl)nc(N)n1. The van der Waals surface area contributed by atoms with Gasteiger partial charge >= 0.3 is 0 Å². The first-order valence-electron chi connectivity index (χ1n) is 9.60. The van der Waals surface area contributed by atoms with Crippen LogP contribution in [0.4, 0.5) is 11.8 Å². The van der Waals surface area contributed by atoms with Crippen molar-refractivity contribution in [2.24, 2.45) is 0 Å². The van der Waals surface area contributed by atoms with Crippen molar-refractivity contribution in [3.63, 3.8) is 0 Å². The van der Waals surface area contributed by atoms with Gasteiger partial charge in [0.2, 0.25) is 5.95 Å². The van der Waals surface area contributed by atoms with Gasteiger partial charge in [-0.2, -0.15) is 4.98 Å². The number of anilines is 2. The van der Waals surface area contributed by atoms with Gasteiger partial charge in [-0.15, -0.1) is 0 Å². The zero-order valence-corrected chi connectivity index (χ0v) is 16.4. The highest BCUT2D eigenvalue weighted by molar-refractivity contribution is 6.31. The van der Waals surface area contributed by atoms with E-state index in [1.807, 2.05) is 13.0 Å². The van der Waals surface area contributed by atoms with E-state index < -0.39 is 0 Å². The summed E-state index contributed by atoms with van der Waals surface area (Å²) in [5.41, 5.74) is 9.07. The molecule has 2 aliphatic heterocycles. The lowest BCUT2D eigenvalue weighted by molar-refractivity contribution is 0.134. The number of nitrogens with one attached hydrogen (secondary N) is 1. The summed E-state index contributed by atoms with van der Waals surface area (Å²) in [7, 11) is 0. The van der Waals surface area contributed by atoms with Crippen LogP contribution in [-0.4, -0.2) is 36.3 Å². The van der Waals surface area contributed by atoms with Gasteiger partial charge in [-0.25, -0.2) is 4.98 Å². The van der Waals surface area contributed by atoms with Crippen molar-refractivity contribution in [3.8, 4) is 0 Å². The van der Waals surface area contributed by atoms with E-state index in [-0.39, 0.29) is 6.04 Å². The molecule has 1 aromatic heterocycles. The highest BCUT2D eigenvalue weighted by atomic mass is 35.5. The van der Waals surface area contributed by atoms with Gasteiger partial charge in [0, 0.05) is 36.0 Å². The van der Waals surface area contributed by atoms with Crippen molar-refractivity contribution in [1.82, 2.24) is 15.3 Å². The lowest BCUT2D eigenvalue weighted by atomic mass is 9.99. The largest absolute Gasteiger partial charge is 0.379 e. The van der Waals surface area contributed by atoms with Gasteiger partial charge in [0.05, 0.1) is 12.6 Å². The lowest BCUT2D eigenvalue weighted by Gasteiger charge is -2.31. The molecule has 0 saturated carbocycles. The third kappa shape index (κ3) is 4.03. The van der Waals surface area contributed by atoms with Gasteiger partial charge in [0.1, 0.15) is 5.82 Å². The Morgan fingerprint density at radius 2 is 2.15 bits per heavy atom. The van der Waals surface area contributed by atoms with Crippen LogP contribution < -0.4 is 16.0 Å². The summed E-state index contributed by atoms with van der Waals surface area (Å²) in [4.78, 5) is 10.9. The highest BCUT2D eigenvalue weighted by Gasteiger charge is 2.27. The Morgan fingerprint density at radius 3 is 2.89 bits per heavy atom. The maximum Gasteiger partial charge on any atom is 0.222 e. The van der Waals surface area contributed by atoms with E-state index in [0.29, 0.717) is 18.6 Å². The molecule has 3 heterocycles. The molecule has 4 rings (SSSR count). The van der Waals surface area contributed by atoms with Crippen LogP contribution in [0.15, 0.2) is 24.3 Å². The molecule has 0 aliphatic carbocycles. The van der Waals surface area contributed by atoms with Gasteiger partial charge in [-0.1, -0.05) is 23.7 Å². The van der Waals surface area contributed by atoms with Crippen LogP contribution in [0.2, 0.25) is 5.02 Å². The number of hydrogen-bond acceptors (Lipinski definition) is 6. The number of aryl methyl sites for hydroxylation is 1. The molecule has 1 aromatic carbocycles. The fourth-order valence-electron chi connectivity index (χ4n) is 4.03. The predicted molar refractivity (Wildman–Crippen MR) is 108 cm³/mol. The topological polar surface area (TPSA) is 76.3 Å². The molecule has 0 unspecified atom stereocenters. The highest BCUT2D eigenvalue weighted by Crippen LogP contribution is 2.35. The summed E-state index contributed by atoms with van der Waals surface area (Å²) in [5, 5.41) is 4.31. The molecule has 2 fully saturated rings. The molecule has 2 saturated heterocycles. The van der Waals surface area contributed by atoms with Gasteiger partial charge < -0.3 is 20.7 Å². The number of benzene rings is 1. The molecular weight excluding hydrogens is 362 g/mol. The molecule has 144 valence electrons. The number of hydrogen-bond donors (Lipinski definition) is 2. The van der Waals surface area contributed by atoms with Crippen molar-refractivity contribution >= 4 is 23.4 Å². The lowest BCUT2D eigenvalue weighted by Crippen LogP contribution is -2.32. The first-order chi connectivity index (χ1) is 13.1. The molecule has 7 heteroatoms. The molecule has 2 aromatic rings. The van der Waals surface area contributed by atoms with Crippen molar-refractivity contribution in [3.05, 3.63) is 46.1 Å². The van der Waals surface area contributed by atoms with Gasteiger partial charge in [-0.3, -0.25) is 0 Å². The minimum absolute atomic E-state index is 0.000660. The van der Waals surface area contributed by atoms with Crippen molar-refractivity contribution in [1.29, 1.82) is 0 Å². The molecule has 2 atom stereocenters. The van der Waals surface area contributed by atoms with E-state index in [1.54, 1.807) is 0 Å². The molecule has 0 bridgehead atoms. The third-order valence-electron chi connectivity index (χ3n) is 5.34. The van der Waals surface area contributed by atoms with E-state index in [2.05, 4.69) is 38.4 Å². The second-order valence-electron chi connectivity index (χ2n) is 7.29. The van der Waals surface area contributed by atoms with E-state index in [0.717, 1.165) is 54.6 Å². The van der Waals surface area contributed by atoms with Gasteiger partial charge in [0.25, 0.3) is 0 Å². The predicted octanol–water partition coefficient (Wildman–Crippen LogP) is 3.41. The minimum Gasteiger partial charge on any atom is -0.379 e. The molecule has 3 N–H and O–H groups in total. The maximum absolute atomic E-state index is 6.74.